The summed E-state index contributed by atoms with van der Waals surface area (Å²) >= 11 is 8.45. The zero-order valence-electron chi connectivity index (χ0n) is 14.7. The van der Waals surface area contributed by atoms with Crippen LogP contribution in [0.5, 0.6) is 0 Å². The van der Waals surface area contributed by atoms with E-state index in [1.807, 2.05) is 0 Å². The molecular formula is C20H14BrFN2O3S. The fourth-order valence-corrected chi connectivity index (χ4v) is 3.07. The molecule has 0 aliphatic carbocycles. The number of H-pyrrole nitrogens is 1. The number of carbonyl (C=O) groups is 2. The molecule has 0 saturated carbocycles. The summed E-state index contributed by atoms with van der Waals surface area (Å²) in [6.45, 7) is 1.78. The van der Waals surface area contributed by atoms with Gasteiger partial charge in [-0.25, -0.2) is 14.2 Å². The molecule has 0 saturated heterocycles. The van der Waals surface area contributed by atoms with Crippen LogP contribution in [0.4, 0.5) is 4.39 Å². The van der Waals surface area contributed by atoms with Crippen molar-refractivity contribution in [1.29, 1.82) is 0 Å². The third kappa shape index (κ3) is 4.23. The lowest BCUT2D eigenvalue weighted by Crippen LogP contribution is -2.17. The molecule has 2 aromatic carbocycles. The van der Waals surface area contributed by atoms with Gasteiger partial charge < -0.3 is 9.72 Å². The van der Waals surface area contributed by atoms with E-state index in [0.717, 1.165) is 4.47 Å². The normalized spacial score (nSPS) is 10.5. The van der Waals surface area contributed by atoms with Crippen molar-refractivity contribution in [1.82, 2.24) is 9.97 Å². The molecule has 142 valence electrons. The highest BCUT2D eigenvalue weighted by atomic mass is 79.9. The second-order valence-corrected chi connectivity index (χ2v) is 7.01. The Labute approximate surface area is 173 Å². The molecule has 28 heavy (non-hydrogen) atoms. The Bertz CT molecular complexity index is 1100. The average molecular weight is 461 g/mol. The van der Waals surface area contributed by atoms with E-state index in [1.54, 1.807) is 31.2 Å². The van der Waals surface area contributed by atoms with Crippen molar-refractivity contribution in [3.63, 3.8) is 0 Å². The number of ketones is 1. The molecule has 0 bridgehead atoms. The van der Waals surface area contributed by atoms with E-state index in [2.05, 4.69) is 25.9 Å². The molecule has 0 amide bonds. The standard InChI is InChI=1S/C20H14BrFN2O3S/c1-2-27-19(26)17-15(18(25)12-3-7-13(21)8-4-12)16(23-20(28)24-17)11-5-9-14(22)10-6-11/h3-10H,2H2,1H3,(H,23,24,28). The van der Waals surface area contributed by atoms with Gasteiger partial charge in [-0.1, -0.05) is 15.9 Å². The zero-order chi connectivity index (χ0) is 20.3. The second-order valence-electron chi connectivity index (χ2n) is 5.70. The number of esters is 1. The van der Waals surface area contributed by atoms with Crippen molar-refractivity contribution >= 4 is 39.9 Å². The van der Waals surface area contributed by atoms with Gasteiger partial charge in [-0.2, -0.15) is 0 Å². The molecule has 1 N–H and O–H groups in total. The lowest BCUT2D eigenvalue weighted by molar-refractivity contribution is 0.0516. The number of carbonyl (C=O) groups excluding carboxylic acids is 2. The molecule has 0 aliphatic rings. The number of rotatable bonds is 5. The minimum Gasteiger partial charge on any atom is -0.461 e. The Balaban J connectivity index is 2.27. The Morgan fingerprint density at radius 2 is 1.79 bits per heavy atom. The molecule has 0 unspecified atom stereocenters. The van der Waals surface area contributed by atoms with Crippen molar-refractivity contribution in [2.45, 2.75) is 6.92 Å². The van der Waals surface area contributed by atoms with E-state index >= 15 is 0 Å². The maximum absolute atomic E-state index is 13.4. The fourth-order valence-electron chi connectivity index (χ4n) is 2.61. The number of benzene rings is 2. The van der Waals surface area contributed by atoms with Crippen LogP contribution in [0.15, 0.2) is 53.0 Å². The summed E-state index contributed by atoms with van der Waals surface area (Å²) in [5.74, 6) is -1.59. The van der Waals surface area contributed by atoms with E-state index in [-0.39, 0.29) is 28.3 Å². The number of aromatic amines is 1. The largest absolute Gasteiger partial charge is 0.461 e. The molecule has 5 nitrogen and oxygen atoms in total. The van der Waals surface area contributed by atoms with E-state index in [1.165, 1.54) is 24.3 Å². The predicted octanol–water partition coefficient (Wildman–Crippen LogP) is 5.12. The molecule has 0 spiro atoms. The number of hydrogen-bond donors (Lipinski definition) is 1. The Morgan fingerprint density at radius 1 is 1.14 bits per heavy atom. The van der Waals surface area contributed by atoms with Crippen LogP contribution in [-0.4, -0.2) is 28.3 Å². The van der Waals surface area contributed by atoms with Crippen LogP contribution < -0.4 is 0 Å². The van der Waals surface area contributed by atoms with Gasteiger partial charge in [0.05, 0.1) is 17.9 Å². The van der Waals surface area contributed by atoms with Crippen LogP contribution >= 0.6 is 28.1 Å². The maximum atomic E-state index is 13.4. The van der Waals surface area contributed by atoms with Crippen molar-refractivity contribution in [2.24, 2.45) is 0 Å². The molecule has 3 aromatic rings. The van der Waals surface area contributed by atoms with E-state index < -0.39 is 17.6 Å². The van der Waals surface area contributed by atoms with Crippen molar-refractivity contribution < 1.29 is 18.7 Å². The predicted molar refractivity (Wildman–Crippen MR) is 108 cm³/mol. The maximum Gasteiger partial charge on any atom is 0.355 e. The third-order valence-electron chi connectivity index (χ3n) is 3.86. The summed E-state index contributed by atoms with van der Waals surface area (Å²) in [6.07, 6.45) is 0. The monoisotopic (exact) mass is 460 g/mol. The highest BCUT2D eigenvalue weighted by Gasteiger charge is 2.26. The van der Waals surface area contributed by atoms with Gasteiger partial charge in [0, 0.05) is 15.6 Å². The fraction of sp³-hybridized carbons (Fsp3) is 0.100. The Hall–Kier alpha value is -2.71. The van der Waals surface area contributed by atoms with Crippen LogP contribution in [0.2, 0.25) is 0 Å². The lowest BCUT2D eigenvalue weighted by atomic mass is 9.96. The minimum absolute atomic E-state index is 0.00901. The molecule has 1 aromatic heterocycles. The summed E-state index contributed by atoms with van der Waals surface area (Å²) in [4.78, 5) is 32.7. The van der Waals surface area contributed by atoms with Crippen molar-refractivity contribution in [2.75, 3.05) is 6.61 Å². The molecule has 0 aliphatic heterocycles. The Kier molecular flexibility index (Phi) is 6.11. The first-order chi connectivity index (χ1) is 13.4. The summed E-state index contributed by atoms with van der Waals surface area (Å²) in [5, 5.41) is 0. The minimum atomic E-state index is -0.722. The van der Waals surface area contributed by atoms with Gasteiger partial charge in [-0.05, 0) is 67.7 Å². The first kappa shape index (κ1) is 20.0. The van der Waals surface area contributed by atoms with Gasteiger partial charge in [-0.3, -0.25) is 4.79 Å². The molecule has 3 rings (SSSR count). The van der Waals surface area contributed by atoms with Gasteiger partial charge in [0.1, 0.15) is 11.5 Å². The van der Waals surface area contributed by atoms with Gasteiger partial charge in [-0.15, -0.1) is 0 Å². The molecular weight excluding hydrogens is 447 g/mol. The van der Waals surface area contributed by atoms with Crippen molar-refractivity contribution in [3.05, 3.63) is 80.4 Å². The quantitative estimate of drug-likeness (QED) is 0.325. The molecule has 1 heterocycles. The first-order valence-electron chi connectivity index (χ1n) is 8.28. The van der Waals surface area contributed by atoms with E-state index in [0.29, 0.717) is 11.1 Å². The van der Waals surface area contributed by atoms with Crippen LogP contribution in [0.25, 0.3) is 11.3 Å². The molecule has 8 heteroatoms. The van der Waals surface area contributed by atoms with Crippen molar-refractivity contribution in [3.8, 4) is 11.3 Å². The van der Waals surface area contributed by atoms with E-state index in [9.17, 15) is 14.0 Å². The lowest BCUT2D eigenvalue weighted by Gasteiger charge is -2.13. The van der Waals surface area contributed by atoms with Crippen LogP contribution in [0.1, 0.15) is 33.3 Å². The number of aromatic nitrogens is 2. The summed E-state index contributed by atoms with van der Waals surface area (Å²) in [7, 11) is 0. The van der Waals surface area contributed by atoms with E-state index in [4.69, 9.17) is 17.0 Å². The van der Waals surface area contributed by atoms with Gasteiger partial charge >= 0.3 is 5.97 Å². The topological polar surface area (TPSA) is 72.1 Å². The Morgan fingerprint density at radius 3 is 2.39 bits per heavy atom. The summed E-state index contributed by atoms with van der Waals surface area (Å²) in [6, 6.07) is 12.1. The smallest absolute Gasteiger partial charge is 0.355 e. The number of nitrogens with zero attached hydrogens (tertiary/aromatic N) is 1. The van der Waals surface area contributed by atoms with Gasteiger partial charge in [0.15, 0.2) is 10.6 Å². The number of ether oxygens (including phenoxy) is 1. The summed E-state index contributed by atoms with van der Waals surface area (Å²) < 4.78 is 19.2. The zero-order valence-corrected chi connectivity index (χ0v) is 17.1. The third-order valence-corrected chi connectivity index (χ3v) is 4.58. The average Bonchev–Trinajstić information content (AvgIpc) is 2.68. The first-order valence-corrected chi connectivity index (χ1v) is 9.48. The van der Waals surface area contributed by atoms with Crippen LogP contribution in [-0.2, 0) is 4.74 Å². The highest BCUT2D eigenvalue weighted by molar-refractivity contribution is 9.10. The summed E-state index contributed by atoms with van der Waals surface area (Å²) in [5.41, 5.74) is 0.909. The van der Waals surface area contributed by atoms with Crippen LogP contribution in [0.3, 0.4) is 0 Å². The number of nitrogens with one attached hydrogen (secondary N) is 1. The number of hydrogen-bond acceptors (Lipinski definition) is 5. The second kappa shape index (κ2) is 8.53. The molecule has 0 fully saturated rings. The highest BCUT2D eigenvalue weighted by Crippen LogP contribution is 2.27. The molecule has 0 radical (unpaired) electrons. The van der Waals surface area contributed by atoms with Gasteiger partial charge in [0.2, 0.25) is 0 Å². The SMILES string of the molecule is CCOC(=O)c1[nH]c(=S)nc(-c2ccc(F)cc2)c1C(=O)c1ccc(Br)cc1. The van der Waals surface area contributed by atoms with Crippen LogP contribution in [0, 0.1) is 10.6 Å². The number of halogens is 2. The molecule has 0 atom stereocenters. The van der Waals surface area contributed by atoms with Gasteiger partial charge in [0.25, 0.3) is 0 Å².